The zero-order valence-corrected chi connectivity index (χ0v) is 9.15. The van der Waals surface area contributed by atoms with E-state index in [9.17, 15) is 0 Å². The maximum absolute atomic E-state index is 5.52. The number of hydrogen-bond acceptors (Lipinski definition) is 2. The van der Waals surface area contributed by atoms with Crippen LogP contribution in [0.5, 0.6) is 0 Å². The summed E-state index contributed by atoms with van der Waals surface area (Å²) in [5, 5.41) is 4.15. The molecule has 2 rings (SSSR count). The summed E-state index contributed by atoms with van der Waals surface area (Å²) in [5.41, 5.74) is 7.92. The van der Waals surface area contributed by atoms with Crippen molar-refractivity contribution in [2.24, 2.45) is 5.73 Å². The van der Waals surface area contributed by atoms with E-state index >= 15 is 0 Å². The summed E-state index contributed by atoms with van der Waals surface area (Å²) in [5.74, 6) is 0. The van der Waals surface area contributed by atoms with E-state index in [0.717, 1.165) is 12.1 Å². The van der Waals surface area contributed by atoms with Gasteiger partial charge in [-0.25, -0.2) is 0 Å². The van der Waals surface area contributed by atoms with Crippen molar-refractivity contribution in [2.75, 3.05) is 0 Å². The van der Waals surface area contributed by atoms with Crippen LogP contribution in [-0.2, 0) is 13.1 Å². The Bertz CT molecular complexity index is 381. The van der Waals surface area contributed by atoms with Crippen molar-refractivity contribution in [2.45, 2.75) is 13.1 Å². The van der Waals surface area contributed by atoms with Gasteiger partial charge in [0.2, 0.25) is 0 Å². The summed E-state index contributed by atoms with van der Waals surface area (Å²) in [6, 6.07) is 10.2. The van der Waals surface area contributed by atoms with Gasteiger partial charge in [-0.1, -0.05) is 24.3 Å². The second-order valence-corrected chi connectivity index (χ2v) is 3.22. The van der Waals surface area contributed by atoms with Crippen molar-refractivity contribution in [1.82, 2.24) is 9.78 Å². The minimum absolute atomic E-state index is 0. The largest absolute Gasteiger partial charge is 0.326 e. The van der Waals surface area contributed by atoms with E-state index in [-0.39, 0.29) is 12.4 Å². The van der Waals surface area contributed by atoms with E-state index in [1.54, 1.807) is 6.20 Å². The standard InChI is InChI=1S/C11H13N3.ClH/c12-8-10-2-4-11(5-3-10)9-14-7-1-6-13-14;/h1-7H,8-9,12H2;1H. The molecule has 0 fully saturated rings. The van der Waals surface area contributed by atoms with Gasteiger partial charge in [0.15, 0.2) is 0 Å². The highest BCUT2D eigenvalue weighted by Crippen LogP contribution is 2.05. The van der Waals surface area contributed by atoms with Crippen molar-refractivity contribution in [3.63, 3.8) is 0 Å². The number of nitrogens with zero attached hydrogens (tertiary/aromatic N) is 2. The topological polar surface area (TPSA) is 43.8 Å². The molecule has 0 radical (unpaired) electrons. The molecule has 0 amide bonds. The molecule has 0 saturated heterocycles. The first-order valence-electron chi connectivity index (χ1n) is 4.64. The molecule has 1 aromatic carbocycles. The molecule has 1 aromatic heterocycles. The molecule has 0 aliphatic carbocycles. The molecule has 2 aromatic rings. The molecule has 0 aliphatic rings. The molecule has 80 valence electrons. The number of rotatable bonds is 3. The highest BCUT2D eigenvalue weighted by molar-refractivity contribution is 5.85. The Morgan fingerprint density at radius 1 is 1.13 bits per heavy atom. The first-order valence-corrected chi connectivity index (χ1v) is 4.64. The lowest BCUT2D eigenvalue weighted by molar-refractivity contribution is 0.686. The summed E-state index contributed by atoms with van der Waals surface area (Å²) in [6.45, 7) is 1.42. The molecule has 3 nitrogen and oxygen atoms in total. The fraction of sp³-hybridized carbons (Fsp3) is 0.182. The van der Waals surface area contributed by atoms with Gasteiger partial charge in [0, 0.05) is 18.9 Å². The Morgan fingerprint density at radius 2 is 1.80 bits per heavy atom. The first-order chi connectivity index (χ1) is 6.88. The average molecular weight is 224 g/mol. The van der Waals surface area contributed by atoms with Crippen LogP contribution in [0.2, 0.25) is 0 Å². The number of benzene rings is 1. The summed E-state index contributed by atoms with van der Waals surface area (Å²) >= 11 is 0. The van der Waals surface area contributed by atoms with E-state index in [1.165, 1.54) is 5.56 Å². The SMILES string of the molecule is Cl.NCc1ccc(Cn2cccn2)cc1. The van der Waals surface area contributed by atoms with Crippen molar-refractivity contribution in [3.8, 4) is 0 Å². The quantitative estimate of drug-likeness (QED) is 0.863. The molecule has 15 heavy (non-hydrogen) atoms. The second-order valence-electron chi connectivity index (χ2n) is 3.22. The van der Waals surface area contributed by atoms with E-state index in [2.05, 4.69) is 29.4 Å². The van der Waals surface area contributed by atoms with Crippen LogP contribution in [0.3, 0.4) is 0 Å². The van der Waals surface area contributed by atoms with E-state index in [4.69, 9.17) is 5.73 Å². The minimum atomic E-state index is 0. The van der Waals surface area contributed by atoms with Gasteiger partial charge >= 0.3 is 0 Å². The molecule has 0 bridgehead atoms. The smallest absolute Gasteiger partial charge is 0.0659 e. The van der Waals surface area contributed by atoms with Crippen LogP contribution >= 0.6 is 12.4 Å². The van der Waals surface area contributed by atoms with Crippen molar-refractivity contribution >= 4 is 12.4 Å². The fourth-order valence-electron chi connectivity index (χ4n) is 1.36. The maximum Gasteiger partial charge on any atom is 0.0659 e. The molecular weight excluding hydrogens is 210 g/mol. The van der Waals surface area contributed by atoms with Crippen LogP contribution in [0.15, 0.2) is 42.7 Å². The maximum atomic E-state index is 5.52. The summed E-state index contributed by atoms with van der Waals surface area (Å²) in [7, 11) is 0. The summed E-state index contributed by atoms with van der Waals surface area (Å²) < 4.78 is 1.90. The van der Waals surface area contributed by atoms with Gasteiger partial charge in [-0.15, -0.1) is 12.4 Å². The molecule has 0 spiro atoms. The molecule has 4 heteroatoms. The van der Waals surface area contributed by atoms with Gasteiger partial charge in [-0.2, -0.15) is 5.10 Å². The van der Waals surface area contributed by atoms with Crippen LogP contribution in [0.25, 0.3) is 0 Å². The highest BCUT2D eigenvalue weighted by atomic mass is 35.5. The van der Waals surface area contributed by atoms with Crippen LogP contribution < -0.4 is 5.73 Å². The average Bonchev–Trinajstić information content (AvgIpc) is 2.72. The first kappa shape index (κ1) is 11.8. The van der Waals surface area contributed by atoms with Gasteiger partial charge in [-0.05, 0) is 17.2 Å². The van der Waals surface area contributed by atoms with Crippen molar-refractivity contribution in [3.05, 3.63) is 53.9 Å². The zero-order chi connectivity index (χ0) is 9.80. The van der Waals surface area contributed by atoms with Gasteiger partial charge in [-0.3, -0.25) is 4.68 Å². The third-order valence-electron chi connectivity index (χ3n) is 2.16. The Balaban J connectivity index is 0.00000112. The van der Waals surface area contributed by atoms with Crippen LogP contribution in [0, 0.1) is 0 Å². The van der Waals surface area contributed by atoms with E-state index in [0.29, 0.717) is 6.54 Å². The monoisotopic (exact) mass is 223 g/mol. The Kier molecular flexibility index (Phi) is 4.34. The molecule has 2 N–H and O–H groups in total. The minimum Gasteiger partial charge on any atom is -0.326 e. The number of nitrogens with two attached hydrogens (primary N) is 1. The molecule has 0 atom stereocenters. The van der Waals surface area contributed by atoms with Gasteiger partial charge in [0.1, 0.15) is 0 Å². The van der Waals surface area contributed by atoms with Crippen molar-refractivity contribution < 1.29 is 0 Å². The van der Waals surface area contributed by atoms with E-state index < -0.39 is 0 Å². The molecule has 0 unspecified atom stereocenters. The van der Waals surface area contributed by atoms with Crippen LogP contribution in [0.1, 0.15) is 11.1 Å². The molecule has 1 heterocycles. The molecule has 0 aliphatic heterocycles. The fourth-order valence-corrected chi connectivity index (χ4v) is 1.36. The lowest BCUT2D eigenvalue weighted by atomic mass is 10.1. The van der Waals surface area contributed by atoms with Crippen molar-refractivity contribution in [1.29, 1.82) is 0 Å². The van der Waals surface area contributed by atoms with Gasteiger partial charge in [0.05, 0.1) is 6.54 Å². The number of hydrogen-bond donors (Lipinski definition) is 1. The Labute approximate surface area is 95.3 Å². The predicted octanol–water partition coefficient (Wildman–Crippen LogP) is 1.81. The lowest BCUT2D eigenvalue weighted by Crippen LogP contribution is -2.01. The Hall–Kier alpha value is -1.32. The zero-order valence-electron chi connectivity index (χ0n) is 8.34. The van der Waals surface area contributed by atoms with Gasteiger partial charge in [0.25, 0.3) is 0 Å². The molecule has 0 saturated carbocycles. The number of aromatic nitrogens is 2. The third kappa shape index (κ3) is 3.08. The number of halogens is 1. The summed E-state index contributed by atoms with van der Waals surface area (Å²) in [4.78, 5) is 0. The van der Waals surface area contributed by atoms with Gasteiger partial charge < -0.3 is 5.73 Å². The highest BCUT2D eigenvalue weighted by Gasteiger charge is 1.94. The molecular formula is C11H14ClN3. The van der Waals surface area contributed by atoms with E-state index in [1.807, 2.05) is 16.9 Å². The van der Waals surface area contributed by atoms with Crippen LogP contribution in [0.4, 0.5) is 0 Å². The third-order valence-corrected chi connectivity index (χ3v) is 2.16. The van der Waals surface area contributed by atoms with Crippen LogP contribution in [-0.4, -0.2) is 9.78 Å². The lowest BCUT2D eigenvalue weighted by Gasteiger charge is -2.02. The normalized spacial score (nSPS) is 9.67. The Morgan fingerprint density at radius 3 is 2.33 bits per heavy atom. The summed E-state index contributed by atoms with van der Waals surface area (Å²) in [6.07, 6.45) is 3.74. The predicted molar refractivity (Wildman–Crippen MR) is 62.9 cm³/mol. The second kappa shape index (κ2) is 5.53.